The van der Waals surface area contributed by atoms with Crippen molar-refractivity contribution in [3.63, 3.8) is 0 Å². The number of ether oxygens (including phenoxy) is 2. The number of nitrogens with zero attached hydrogens (tertiary/aromatic N) is 2. The minimum absolute atomic E-state index is 0.103. The number of para-hydroxylation sites is 2. The Morgan fingerprint density at radius 2 is 1.62 bits per heavy atom. The van der Waals surface area contributed by atoms with Gasteiger partial charge in [0, 0.05) is 5.56 Å². The highest BCUT2D eigenvalue weighted by Gasteiger charge is 2.16. The third-order valence-corrected chi connectivity index (χ3v) is 3.78. The molecule has 1 aromatic heterocycles. The number of hydrogen-bond acceptors (Lipinski definition) is 6. The van der Waals surface area contributed by atoms with E-state index in [1.807, 2.05) is 12.1 Å². The highest BCUT2D eigenvalue weighted by molar-refractivity contribution is 5.99. The molecule has 2 heterocycles. The molecule has 2 amide bonds. The van der Waals surface area contributed by atoms with Gasteiger partial charge in [0.15, 0.2) is 11.5 Å². The first-order valence-electron chi connectivity index (χ1n) is 7.93. The molecule has 0 saturated heterocycles. The Kier molecular flexibility index (Phi) is 4.06. The summed E-state index contributed by atoms with van der Waals surface area (Å²) < 4.78 is 10.8. The van der Waals surface area contributed by atoms with Gasteiger partial charge in [0.05, 0.1) is 17.2 Å². The zero-order chi connectivity index (χ0) is 17.9. The van der Waals surface area contributed by atoms with Crippen LogP contribution < -0.4 is 20.3 Å². The fourth-order valence-corrected chi connectivity index (χ4v) is 2.50. The zero-order valence-electron chi connectivity index (χ0n) is 13.6. The van der Waals surface area contributed by atoms with Crippen molar-refractivity contribution < 1.29 is 19.1 Å². The largest absolute Gasteiger partial charge is 0.486 e. The Balaban J connectivity index is 1.44. The molecule has 2 aromatic carbocycles. The summed E-state index contributed by atoms with van der Waals surface area (Å²) in [4.78, 5) is 32.8. The van der Waals surface area contributed by atoms with E-state index in [0.717, 1.165) is 0 Å². The van der Waals surface area contributed by atoms with Crippen LogP contribution in [0.25, 0.3) is 11.0 Å². The fourth-order valence-electron chi connectivity index (χ4n) is 2.50. The molecule has 0 radical (unpaired) electrons. The van der Waals surface area contributed by atoms with E-state index in [9.17, 15) is 9.59 Å². The molecule has 8 nitrogen and oxygen atoms in total. The molecule has 0 spiro atoms. The number of amides is 2. The van der Waals surface area contributed by atoms with Crippen molar-refractivity contribution in [3.05, 3.63) is 59.9 Å². The van der Waals surface area contributed by atoms with Gasteiger partial charge in [0.2, 0.25) is 0 Å². The minimum atomic E-state index is -0.561. The van der Waals surface area contributed by atoms with E-state index in [1.54, 1.807) is 30.3 Å². The number of carbonyl (C=O) groups excluding carboxylic acids is 2. The second kappa shape index (κ2) is 6.67. The average Bonchev–Trinajstić information content (AvgIpc) is 2.71. The van der Waals surface area contributed by atoms with Crippen LogP contribution in [0.15, 0.2) is 48.7 Å². The van der Waals surface area contributed by atoms with Gasteiger partial charge in [-0.25, -0.2) is 4.98 Å². The molecule has 0 atom stereocenters. The molecule has 1 aliphatic rings. The standard InChI is InChI=1S/C18H14N4O4/c23-17(11-5-6-15-16(9-11)26-8-7-25-15)21-22-18(24)14-10-19-12-3-1-2-4-13(12)20-14/h1-6,9-10H,7-8H2,(H,21,23)(H,22,24). The van der Waals surface area contributed by atoms with Crippen LogP contribution in [-0.2, 0) is 0 Å². The molecule has 26 heavy (non-hydrogen) atoms. The number of aromatic nitrogens is 2. The van der Waals surface area contributed by atoms with E-state index in [0.29, 0.717) is 41.3 Å². The van der Waals surface area contributed by atoms with E-state index in [1.165, 1.54) is 6.20 Å². The Hall–Kier alpha value is -3.68. The van der Waals surface area contributed by atoms with Crippen LogP contribution in [0, 0.1) is 0 Å². The van der Waals surface area contributed by atoms with Crippen LogP contribution in [-0.4, -0.2) is 35.0 Å². The van der Waals surface area contributed by atoms with Gasteiger partial charge in [0.25, 0.3) is 11.8 Å². The summed E-state index contributed by atoms with van der Waals surface area (Å²) in [5.41, 5.74) is 6.39. The molecule has 1 aliphatic heterocycles. The quantitative estimate of drug-likeness (QED) is 0.679. The first-order chi connectivity index (χ1) is 12.7. The molecule has 2 N–H and O–H groups in total. The van der Waals surface area contributed by atoms with Crippen LogP contribution >= 0.6 is 0 Å². The highest BCUT2D eigenvalue weighted by Crippen LogP contribution is 2.30. The predicted molar refractivity (Wildman–Crippen MR) is 91.9 cm³/mol. The third-order valence-electron chi connectivity index (χ3n) is 3.78. The number of benzene rings is 2. The lowest BCUT2D eigenvalue weighted by Gasteiger charge is -2.18. The van der Waals surface area contributed by atoms with Crippen LogP contribution in [0.5, 0.6) is 11.5 Å². The van der Waals surface area contributed by atoms with Crippen molar-refractivity contribution >= 4 is 22.8 Å². The second-order valence-electron chi connectivity index (χ2n) is 5.51. The summed E-state index contributed by atoms with van der Waals surface area (Å²) in [5.74, 6) is 0.0390. The maximum Gasteiger partial charge on any atom is 0.289 e. The smallest absolute Gasteiger partial charge is 0.289 e. The van der Waals surface area contributed by atoms with Gasteiger partial charge in [-0.15, -0.1) is 0 Å². The lowest BCUT2D eigenvalue weighted by molar-refractivity contribution is 0.0843. The van der Waals surface area contributed by atoms with E-state index in [-0.39, 0.29) is 5.69 Å². The van der Waals surface area contributed by atoms with E-state index in [4.69, 9.17) is 9.47 Å². The fraction of sp³-hybridized carbons (Fsp3) is 0.111. The second-order valence-corrected chi connectivity index (χ2v) is 5.51. The van der Waals surface area contributed by atoms with Gasteiger partial charge in [0.1, 0.15) is 18.9 Å². The summed E-state index contributed by atoms with van der Waals surface area (Å²) in [6.45, 7) is 0.900. The molecule has 130 valence electrons. The number of hydrazine groups is 1. The first kappa shape index (κ1) is 15.8. The number of nitrogens with one attached hydrogen (secondary N) is 2. The third kappa shape index (κ3) is 3.12. The van der Waals surface area contributed by atoms with Gasteiger partial charge in [-0.2, -0.15) is 0 Å². The van der Waals surface area contributed by atoms with Gasteiger partial charge < -0.3 is 9.47 Å². The van der Waals surface area contributed by atoms with Crippen LogP contribution in [0.3, 0.4) is 0 Å². The maximum atomic E-state index is 12.2. The molecule has 0 saturated carbocycles. The molecule has 8 heteroatoms. The number of hydrogen-bond donors (Lipinski definition) is 2. The van der Waals surface area contributed by atoms with Gasteiger partial charge in [-0.05, 0) is 30.3 Å². The molecule has 0 fully saturated rings. The molecular weight excluding hydrogens is 336 g/mol. The Morgan fingerprint density at radius 3 is 2.46 bits per heavy atom. The lowest BCUT2D eigenvalue weighted by atomic mass is 10.2. The van der Waals surface area contributed by atoms with Gasteiger partial charge in [-0.1, -0.05) is 12.1 Å². The number of rotatable bonds is 2. The van der Waals surface area contributed by atoms with Crippen LogP contribution in [0.2, 0.25) is 0 Å². The summed E-state index contributed by atoms with van der Waals surface area (Å²) in [5, 5.41) is 0. The molecule has 0 bridgehead atoms. The van der Waals surface area contributed by atoms with Crippen molar-refractivity contribution in [3.8, 4) is 11.5 Å². The monoisotopic (exact) mass is 350 g/mol. The lowest BCUT2D eigenvalue weighted by Crippen LogP contribution is -2.42. The van der Waals surface area contributed by atoms with E-state index >= 15 is 0 Å². The van der Waals surface area contributed by atoms with Crippen molar-refractivity contribution in [2.45, 2.75) is 0 Å². The van der Waals surface area contributed by atoms with E-state index in [2.05, 4.69) is 20.8 Å². The molecular formula is C18H14N4O4. The summed E-state index contributed by atoms with van der Waals surface area (Å²) in [6, 6.07) is 12.0. The average molecular weight is 350 g/mol. The van der Waals surface area contributed by atoms with Crippen molar-refractivity contribution in [1.29, 1.82) is 0 Å². The molecule has 3 aromatic rings. The molecule has 4 rings (SSSR count). The molecule has 0 unspecified atom stereocenters. The minimum Gasteiger partial charge on any atom is -0.486 e. The van der Waals surface area contributed by atoms with Crippen LogP contribution in [0.4, 0.5) is 0 Å². The zero-order valence-corrected chi connectivity index (χ0v) is 13.6. The first-order valence-corrected chi connectivity index (χ1v) is 7.93. The number of fused-ring (bicyclic) bond motifs is 2. The Morgan fingerprint density at radius 1 is 0.885 bits per heavy atom. The number of carbonyl (C=O) groups is 2. The summed E-state index contributed by atoms with van der Waals surface area (Å²) in [6.07, 6.45) is 1.36. The maximum absolute atomic E-state index is 12.2. The molecule has 0 aliphatic carbocycles. The van der Waals surface area contributed by atoms with Gasteiger partial charge >= 0.3 is 0 Å². The van der Waals surface area contributed by atoms with Crippen molar-refractivity contribution in [1.82, 2.24) is 20.8 Å². The topological polar surface area (TPSA) is 102 Å². The summed E-state index contributed by atoms with van der Waals surface area (Å²) in [7, 11) is 0. The van der Waals surface area contributed by atoms with Crippen LogP contribution in [0.1, 0.15) is 20.8 Å². The highest BCUT2D eigenvalue weighted by atomic mass is 16.6. The van der Waals surface area contributed by atoms with Crippen molar-refractivity contribution in [2.75, 3.05) is 13.2 Å². The van der Waals surface area contributed by atoms with E-state index < -0.39 is 11.8 Å². The van der Waals surface area contributed by atoms with Gasteiger partial charge in [-0.3, -0.25) is 25.4 Å². The summed E-state index contributed by atoms with van der Waals surface area (Å²) >= 11 is 0. The Bertz CT molecular complexity index is 1010. The normalized spacial score (nSPS) is 12.5. The Labute approximate surface area is 148 Å². The predicted octanol–water partition coefficient (Wildman–Crippen LogP) is 1.48. The van der Waals surface area contributed by atoms with Crippen molar-refractivity contribution in [2.24, 2.45) is 0 Å². The SMILES string of the molecule is O=C(NNC(=O)c1cnc2ccccc2n1)c1ccc2c(c1)OCCO2.